The Balaban J connectivity index is 2.88. The number of hydrogen-bond donors (Lipinski definition) is 0. The van der Waals surface area contributed by atoms with Crippen molar-refractivity contribution in [2.24, 2.45) is 0 Å². The fourth-order valence-corrected chi connectivity index (χ4v) is 4.54. The van der Waals surface area contributed by atoms with Crippen LogP contribution in [-0.2, 0) is 9.47 Å². The van der Waals surface area contributed by atoms with E-state index in [-0.39, 0.29) is 13.0 Å². The Morgan fingerprint density at radius 2 is 1.34 bits per heavy atom. The molecule has 0 bridgehead atoms. The van der Waals surface area contributed by atoms with Gasteiger partial charge in [-0.15, -0.1) is 11.5 Å². The van der Waals surface area contributed by atoms with Gasteiger partial charge in [0.25, 0.3) is 0 Å². The highest BCUT2D eigenvalue weighted by molar-refractivity contribution is 6.85. The van der Waals surface area contributed by atoms with Crippen molar-refractivity contribution in [2.75, 3.05) is 13.2 Å². The zero-order valence-corrected chi connectivity index (χ0v) is 19.5. The quantitative estimate of drug-likeness (QED) is 0.121. The van der Waals surface area contributed by atoms with E-state index in [1.54, 1.807) is 0 Å². The standard InChI is InChI=1S/C19H23F13O2Si/c1-35(2,11-6-5-10-34-13-7-3-4-9-33-13)12-8-14(20,21)15(22,23)16(24,25)17(26,27)18(28,29)19(30,31)32/h13H,3-5,7-10,12H2,1-2H3. The van der Waals surface area contributed by atoms with E-state index in [0.717, 1.165) is 12.8 Å². The number of halogens is 13. The van der Waals surface area contributed by atoms with E-state index in [1.165, 1.54) is 13.1 Å². The zero-order valence-electron chi connectivity index (χ0n) is 18.5. The molecular weight excluding hydrogens is 535 g/mol. The van der Waals surface area contributed by atoms with Crippen LogP contribution in [0.25, 0.3) is 0 Å². The van der Waals surface area contributed by atoms with Gasteiger partial charge in [0.1, 0.15) is 8.07 Å². The highest BCUT2D eigenvalue weighted by Crippen LogP contribution is 2.60. The number of rotatable bonds is 10. The molecule has 1 heterocycles. The summed E-state index contributed by atoms with van der Waals surface area (Å²) in [6.07, 6.45) is -7.59. The molecule has 2 nitrogen and oxygen atoms in total. The molecule has 1 unspecified atom stereocenters. The Morgan fingerprint density at radius 1 is 0.800 bits per heavy atom. The lowest BCUT2D eigenvalue weighted by molar-refractivity contribution is -0.439. The van der Waals surface area contributed by atoms with Crippen LogP contribution in [0.2, 0.25) is 19.1 Å². The second kappa shape index (κ2) is 10.6. The SMILES string of the molecule is C[Si](C)(C#CCCOC1CCCCO1)CCC(F)(F)C(F)(F)C(F)(F)C(F)(F)C(F)(F)C(F)(F)F. The summed E-state index contributed by atoms with van der Waals surface area (Å²) in [5.41, 5.74) is 2.52. The molecule has 35 heavy (non-hydrogen) atoms. The summed E-state index contributed by atoms with van der Waals surface area (Å²) >= 11 is 0. The molecule has 0 N–H and O–H groups in total. The molecule has 1 fully saturated rings. The second-order valence-electron chi connectivity index (χ2n) is 8.60. The van der Waals surface area contributed by atoms with Gasteiger partial charge in [0, 0.05) is 19.4 Å². The predicted octanol–water partition coefficient (Wildman–Crippen LogP) is 7.30. The monoisotopic (exact) mass is 558 g/mol. The van der Waals surface area contributed by atoms with Crippen LogP contribution in [-0.4, -0.2) is 63.4 Å². The molecule has 1 aliphatic rings. The highest BCUT2D eigenvalue weighted by Gasteiger charge is 2.90. The lowest BCUT2D eigenvalue weighted by atomic mass is 9.93. The van der Waals surface area contributed by atoms with Gasteiger partial charge in [0.15, 0.2) is 6.29 Å². The number of ether oxygens (including phenoxy) is 2. The predicted molar refractivity (Wildman–Crippen MR) is 99.6 cm³/mol. The molecule has 0 aromatic rings. The first-order chi connectivity index (χ1) is 15.5. The Bertz CT molecular complexity index is 763. The van der Waals surface area contributed by atoms with Gasteiger partial charge in [-0.3, -0.25) is 0 Å². The van der Waals surface area contributed by atoms with Crippen molar-refractivity contribution in [3.05, 3.63) is 0 Å². The summed E-state index contributed by atoms with van der Waals surface area (Å²) in [4.78, 5) is 0. The molecule has 0 radical (unpaired) electrons. The van der Waals surface area contributed by atoms with E-state index < -0.39 is 62.6 Å². The third-order valence-electron chi connectivity index (χ3n) is 5.16. The maximum atomic E-state index is 13.9. The van der Waals surface area contributed by atoms with Gasteiger partial charge in [0.2, 0.25) is 0 Å². The van der Waals surface area contributed by atoms with Crippen LogP contribution in [0.1, 0.15) is 32.1 Å². The minimum absolute atomic E-state index is 0.0691. The van der Waals surface area contributed by atoms with Crippen molar-refractivity contribution in [1.29, 1.82) is 0 Å². The van der Waals surface area contributed by atoms with Crippen LogP contribution in [0.4, 0.5) is 57.1 Å². The molecule has 0 aromatic heterocycles. The second-order valence-corrected chi connectivity index (χ2v) is 13.1. The minimum Gasteiger partial charge on any atom is -0.353 e. The Morgan fingerprint density at radius 3 is 1.83 bits per heavy atom. The number of hydrogen-bond acceptors (Lipinski definition) is 2. The minimum atomic E-state index is -7.88. The van der Waals surface area contributed by atoms with E-state index in [0.29, 0.717) is 13.0 Å². The fraction of sp³-hybridized carbons (Fsp3) is 0.895. The van der Waals surface area contributed by atoms with E-state index >= 15 is 0 Å². The van der Waals surface area contributed by atoms with E-state index in [4.69, 9.17) is 9.47 Å². The third-order valence-corrected chi connectivity index (χ3v) is 7.51. The van der Waals surface area contributed by atoms with Crippen molar-refractivity contribution in [3.63, 3.8) is 0 Å². The van der Waals surface area contributed by atoms with Crippen LogP contribution in [0.15, 0.2) is 0 Å². The first-order valence-corrected chi connectivity index (χ1v) is 13.4. The van der Waals surface area contributed by atoms with Gasteiger partial charge in [-0.1, -0.05) is 13.1 Å². The van der Waals surface area contributed by atoms with Crippen LogP contribution in [0.5, 0.6) is 0 Å². The largest absolute Gasteiger partial charge is 0.460 e. The molecule has 16 heteroatoms. The van der Waals surface area contributed by atoms with E-state index in [1.807, 2.05) is 0 Å². The maximum Gasteiger partial charge on any atom is 0.460 e. The molecule has 0 spiro atoms. The summed E-state index contributed by atoms with van der Waals surface area (Å²) in [6.45, 7) is 3.09. The summed E-state index contributed by atoms with van der Waals surface area (Å²) in [6, 6.07) is -0.980. The maximum absolute atomic E-state index is 13.9. The molecule has 0 aliphatic carbocycles. The third kappa shape index (κ3) is 6.76. The van der Waals surface area contributed by atoms with Gasteiger partial charge in [-0.2, -0.15) is 57.1 Å². The van der Waals surface area contributed by atoms with Crippen LogP contribution >= 0.6 is 0 Å². The summed E-state index contributed by atoms with van der Waals surface area (Å²) < 4.78 is 182. The smallest absolute Gasteiger partial charge is 0.353 e. The van der Waals surface area contributed by atoms with Crippen LogP contribution in [0, 0.1) is 11.5 Å². The van der Waals surface area contributed by atoms with Gasteiger partial charge < -0.3 is 9.47 Å². The molecule has 0 saturated carbocycles. The van der Waals surface area contributed by atoms with Crippen molar-refractivity contribution in [2.45, 2.75) is 93.3 Å². The average molecular weight is 558 g/mol. The first-order valence-electron chi connectivity index (χ1n) is 10.2. The first kappa shape index (κ1) is 31.8. The Kier molecular flexibility index (Phi) is 9.68. The molecule has 1 saturated heterocycles. The zero-order chi connectivity index (χ0) is 27.6. The topological polar surface area (TPSA) is 18.5 Å². The van der Waals surface area contributed by atoms with Crippen molar-refractivity contribution >= 4 is 8.07 Å². The van der Waals surface area contributed by atoms with Gasteiger partial charge >= 0.3 is 35.8 Å². The fourth-order valence-electron chi connectivity index (χ4n) is 2.88. The average Bonchev–Trinajstić information content (AvgIpc) is 2.71. The summed E-state index contributed by atoms with van der Waals surface area (Å²) in [7, 11) is -3.17. The van der Waals surface area contributed by atoms with Crippen LogP contribution < -0.4 is 0 Å². The Hall–Kier alpha value is -1.21. The normalized spacial score (nSPS) is 19.3. The number of alkyl halides is 13. The molecule has 1 atom stereocenters. The van der Waals surface area contributed by atoms with Gasteiger partial charge in [-0.25, -0.2) is 0 Å². The molecule has 1 rings (SSSR count). The Labute approximate surface area is 193 Å². The van der Waals surface area contributed by atoms with Crippen LogP contribution in [0.3, 0.4) is 0 Å². The van der Waals surface area contributed by atoms with E-state index in [9.17, 15) is 57.1 Å². The van der Waals surface area contributed by atoms with Gasteiger partial charge in [0.05, 0.1) is 6.61 Å². The molecule has 206 valence electrons. The summed E-state index contributed by atoms with van der Waals surface area (Å²) in [5, 5.41) is 0. The summed E-state index contributed by atoms with van der Waals surface area (Å²) in [5.74, 6) is -34.1. The molecule has 0 amide bonds. The lowest BCUT2D eigenvalue weighted by Crippen LogP contribution is -2.70. The molecular formula is C19H23F13O2Si. The van der Waals surface area contributed by atoms with Crippen molar-refractivity contribution in [3.8, 4) is 11.5 Å². The van der Waals surface area contributed by atoms with E-state index in [2.05, 4.69) is 11.5 Å². The van der Waals surface area contributed by atoms with Crippen molar-refractivity contribution in [1.82, 2.24) is 0 Å². The molecule has 1 aliphatic heterocycles. The van der Waals surface area contributed by atoms with Gasteiger partial charge in [-0.05, 0) is 25.3 Å². The highest BCUT2D eigenvalue weighted by atomic mass is 28.3. The lowest BCUT2D eigenvalue weighted by Gasteiger charge is -2.40. The molecule has 0 aromatic carbocycles. The van der Waals surface area contributed by atoms with Crippen molar-refractivity contribution < 1.29 is 66.5 Å².